The highest BCUT2D eigenvalue weighted by Crippen LogP contribution is 2.25. The summed E-state index contributed by atoms with van der Waals surface area (Å²) in [5.41, 5.74) is 3.06. The van der Waals surface area contributed by atoms with E-state index in [4.69, 9.17) is 10.00 Å². The van der Waals surface area contributed by atoms with E-state index in [2.05, 4.69) is 31.4 Å². The molecule has 4 heterocycles. The van der Waals surface area contributed by atoms with Crippen molar-refractivity contribution >= 4 is 17.2 Å². The van der Waals surface area contributed by atoms with Crippen molar-refractivity contribution in [2.45, 2.75) is 25.3 Å². The van der Waals surface area contributed by atoms with Crippen molar-refractivity contribution in [3.63, 3.8) is 0 Å². The molecule has 1 atom stereocenters. The minimum Gasteiger partial charge on any atom is -0.381 e. The number of rotatable bonds is 4. The summed E-state index contributed by atoms with van der Waals surface area (Å²) < 4.78 is 6.64. The number of hydrogen-bond donors (Lipinski definition) is 2. The van der Waals surface area contributed by atoms with Crippen molar-refractivity contribution in [2.75, 3.05) is 13.2 Å². The number of carbonyl (C=O) groups excluding carboxylic acids is 1. The lowest BCUT2D eigenvalue weighted by Crippen LogP contribution is -2.44. The number of nitrogens with one attached hydrogen (secondary N) is 2. The van der Waals surface area contributed by atoms with Gasteiger partial charge in [0.1, 0.15) is 0 Å². The number of nitriles is 1. The molecule has 3 aromatic rings. The second kappa shape index (κ2) is 7.55. The first-order valence-corrected chi connectivity index (χ1v) is 8.85. The lowest BCUT2D eigenvalue weighted by Gasteiger charge is -2.29. The van der Waals surface area contributed by atoms with Crippen LogP contribution in [-0.2, 0) is 4.74 Å². The number of aromatic amines is 1. The molecular formula is C18H19N7O2. The number of aromatic nitrogens is 5. The molecule has 27 heavy (non-hydrogen) atoms. The van der Waals surface area contributed by atoms with Crippen molar-refractivity contribution in [1.82, 2.24) is 30.0 Å². The molecule has 3 aromatic heterocycles. The monoisotopic (exact) mass is 365 g/mol. The summed E-state index contributed by atoms with van der Waals surface area (Å²) >= 11 is 0. The number of fused-ring (bicyclic) bond motifs is 1. The van der Waals surface area contributed by atoms with Crippen molar-refractivity contribution in [3.05, 3.63) is 31.0 Å². The Labute approximate surface area is 155 Å². The van der Waals surface area contributed by atoms with E-state index < -0.39 is 0 Å². The zero-order valence-corrected chi connectivity index (χ0v) is 14.6. The molecule has 4 rings (SSSR count). The molecule has 0 spiro atoms. The third-order valence-electron chi connectivity index (χ3n) is 4.88. The highest BCUT2D eigenvalue weighted by Gasteiger charge is 2.26. The molecule has 1 amide bonds. The maximum atomic E-state index is 12.6. The van der Waals surface area contributed by atoms with E-state index in [9.17, 15) is 4.79 Å². The topological polar surface area (TPSA) is 122 Å². The number of hydrogen-bond acceptors (Lipinski definition) is 6. The van der Waals surface area contributed by atoms with Crippen LogP contribution < -0.4 is 5.32 Å². The Morgan fingerprint density at radius 2 is 2.30 bits per heavy atom. The second-order valence-electron chi connectivity index (χ2n) is 6.50. The Hall–Kier alpha value is -3.25. The van der Waals surface area contributed by atoms with Crippen LogP contribution in [0, 0.1) is 17.2 Å². The first-order valence-electron chi connectivity index (χ1n) is 8.85. The zero-order valence-electron chi connectivity index (χ0n) is 14.6. The standard InChI is InChI=1S/C18H19N7O2/c19-5-1-15(12-3-7-27-8-4-12)24-18(26)25-10-13(9-23-25)14-2-6-20-17-16(14)21-11-22-17/h2,6,9-12,15H,1,3-4,7-8H2,(H,24,26)(H,20,21,22). The molecular weight excluding hydrogens is 346 g/mol. The molecule has 0 bridgehead atoms. The Morgan fingerprint density at radius 1 is 1.44 bits per heavy atom. The van der Waals surface area contributed by atoms with Gasteiger partial charge in [0.15, 0.2) is 5.65 Å². The molecule has 1 aliphatic heterocycles. The molecule has 0 aromatic carbocycles. The van der Waals surface area contributed by atoms with Gasteiger partial charge in [0.2, 0.25) is 0 Å². The van der Waals surface area contributed by atoms with E-state index in [0.29, 0.717) is 18.9 Å². The summed E-state index contributed by atoms with van der Waals surface area (Å²) in [7, 11) is 0. The highest BCUT2D eigenvalue weighted by atomic mass is 16.5. The van der Waals surface area contributed by atoms with Gasteiger partial charge in [-0.1, -0.05) is 0 Å². The first kappa shape index (κ1) is 17.2. The molecule has 9 nitrogen and oxygen atoms in total. The van der Waals surface area contributed by atoms with E-state index in [-0.39, 0.29) is 24.4 Å². The second-order valence-corrected chi connectivity index (χ2v) is 6.50. The van der Waals surface area contributed by atoms with Crippen LogP contribution in [0.4, 0.5) is 4.79 Å². The predicted molar refractivity (Wildman–Crippen MR) is 96.6 cm³/mol. The third-order valence-corrected chi connectivity index (χ3v) is 4.88. The minimum atomic E-state index is -0.345. The van der Waals surface area contributed by atoms with Gasteiger partial charge in [0, 0.05) is 42.8 Å². The highest BCUT2D eigenvalue weighted by molar-refractivity contribution is 5.89. The van der Waals surface area contributed by atoms with Gasteiger partial charge in [-0.2, -0.15) is 15.0 Å². The Kier molecular flexibility index (Phi) is 4.80. The number of carbonyl (C=O) groups is 1. The fourth-order valence-corrected chi connectivity index (χ4v) is 3.44. The Bertz CT molecular complexity index is 981. The zero-order chi connectivity index (χ0) is 18.6. The molecule has 0 aliphatic carbocycles. The number of amides is 1. The summed E-state index contributed by atoms with van der Waals surface area (Å²) in [5.74, 6) is 0.238. The molecule has 1 aliphatic rings. The molecule has 0 saturated carbocycles. The van der Waals surface area contributed by atoms with Crippen molar-refractivity contribution in [1.29, 1.82) is 5.26 Å². The van der Waals surface area contributed by atoms with Gasteiger partial charge in [-0.05, 0) is 24.8 Å². The van der Waals surface area contributed by atoms with Gasteiger partial charge in [-0.25, -0.2) is 14.8 Å². The number of pyridine rings is 1. The first-order chi connectivity index (χ1) is 13.3. The van der Waals surface area contributed by atoms with Crippen molar-refractivity contribution < 1.29 is 9.53 Å². The normalized spacial score (nSPS) is 16.1. The maximum absolute atomic E-state index is 12.6. The minimum absolute atomic E-state index is 0.209. The van der Waals surface area contributed by atoms with Crippen LogP contribution in [0.15, 0.2) is 31.0 Å². The van der Waals surface area contributed by atoms with E-state index in [1.165, 1.54) is 4.68 Å². The summed E-state index contributed by atoms with van der Waals surface area (Å²) in [4.78, 5) is 24.0. The van der Waals surface area contributed by atoms with Crippen LogP contribution in [0.5, 0.6) is 0 Å². The lowest BCUT2D eigenvalue weighted by atomic mass is 9.90. The van der Waals surface area contributed by atoms with Crippen molar-refractivity contribution in [3.8, 4) is 17.2 Å². The van der Waals surface area contributed by atoms with E-state index in [1.54, 1.807) is 24.9 Å². The van der Waals surface area contributed by atoms with Gasteiger partial charge >= 0.3 is 6.03 Å². The summed E-state index contributed by atoms with van der Waals surface area (Å²) in [5, 5.41) is 16.2. The Morgan fingerprint density at radius 3 is 3.11 bits per heavy atom. The molecule has 1 saturated heterocycles. The smallest absolute Gasteiger partial charge is 0.342 e. The van der Waals surface area contributed by atoms with Crippen LogP contribution in [0.3, 0.4) is 0 Å². The van der Waals surface area contributed by atoms with E-state index in [0.717, 1.165) is 29.5 Å². The number of imidazole rings is 1. The van der Waals surface area contributed by atoms with Crippen LogP contribution in [-0.4, -0.2) is 50.0 Å². The molecule has 0 radical (unpaired) electrons. The van der Waals surface area contributed by atoms with Crippen LogP contribution in [0.1, 0.15) is 19.3 Å². The molecule has 1 unspecified atom stereocenters. The number of ether oxygens (including phenoxy) is 1. The van der Waals surface area contributed by atoms with Crippen LogP contribution in [0.2, 0.25) is 0 Å². The molecule has 138 valence electrons. The lowest BCUT2D eigenvalue weighted by molar-refractivity contribution is 0.0554. The predicted octanol–water partition coefficient (Wildman–Crippen LogP) is 2.09. The molecule has 9 heteroatoms. The molecule has 2 N–H and O–H groups in total. The van der Waals surface area contributed by atoms with Gasteiger partial charge in [0.05, 0.1) is 30.5 Å². The SMILES string of the molecule is N#CCC(NC(=O)n1cc(-c2ccnc3nc[nH]c23)cn1)C1CCOCC1. The summed E-state index contributed by atoms with van der Waals surface area (Å²) in [6.07, 6.45) is 8.49. The number of nitrogens with zero attached hydrogens (tertiary/aromatic N) is 5. The third kappa shape index (κ3) is 3.52. The van der Waals surface area contributed by atoms with E-state index >= 15 is 0 Å². The van der Waals surface area contributed by atoms with Crippen LogP contribution >= 0.6 is 0 Å². The van der Waals surface area contributed by atoms with Gasteiger partial charge in [-0.3, -0.25) is 0 Å². The molecule has 1 fully saturated rings. The van der Waals surface area contributed by atoms with Crippen LogP contribution in [0.25, 0.3) is 22.3 Å². The van der Waals surface area contributed by atoms with Gasteiger partial charge < -0.3 is 15.0 Å². The van der Waals surface area contributed by atoms with Gasteiger partial charge in [-0.15, -0.1) is 0 Å². The van der Waals surface area contributed by atoms with Gasteiger partial charge in [0.25, 0.3) is 0 Å². The van der Waals surface area contributed by atoms with Crippen molar-refractivity contribution in [2.24, 2.45) is 5.92 Å². The largest absolute Gasteiger partial charge is 0.381 e. The quantitative estimate of drug-likeness (QED) is 0.730. The maximum Gasteiger partial charge on any atom is 0.342 e. The fraction of sp³-hybridized carbons (Fsp3) is 0.389. The summed E-state index contributed by atoms with van der Waals surface area (Å²) in [6.45, 7) is 1.33. The average molecular weight is 365 g/mol. The fourth-order valence-electron chi connectivity index (χ4n) is 3.44. The van der Waals surface area contributed by atoms with E-state index in [1.807, 2.05) is 6.07 Å². The summed E-state index contributed by atoms with van der Waals surface area (Å²) in [6, 6.07) is 3.46. The Balaban J connectivity index is 1.53. The average Bonchev–Trinajstić information content (AvgIpc) is 3.37. The number of H-pyrrole nitrogens is 1.